The predicted molar refractivity (Wildman–Crippen MR) is 137 cm³/mol. The van der Waals surface area contributed by atoms with Crippen LogP contribution in [0.3, 0.4) is 0 Å². The fourth-order valence-corrected chi connectivity index (χ4v) is 3.49. The zero-order valence-electron chi connectivity index (χ0n) is 17.9. The van der Waals surface area contributed by atoms with Gasteiger partial charge in [0.25, 0.3) is 0 Å². The summed E-state index contributed by atoms with van der Waals surface area (Å²) in [5.41, 5.74) is 3.32. The van der Waals surface area contributed by atoms with E-state index in [1.165, 1.54) is 11.1 Å². The topological polar surface area (TPSA) is 69.1 Å². The number of hydrogen-bond donors (Lipinski definition) is 3. The first-order valence-electron chi connectivity index (χ1n) is 10.5. The highest BCUT2D eigenvalue weighted by molar-refractivity contribution is 14.0. The number of morpholine rings is 1. The zero-order valence-corrected chi connectivity index (χ0v) is 21.0. The molecule has 31 heavy (non-hydrogen) atoms. The highest BCUT2D eigenvalue weighted by Gasteiger charge is 2.13. The van der Waals surface area contributed by atoms with E-state index in [2.05, 4.69) is 39.8 Å². The minimum Gasteiger partial charge on any atom is -0.387 e. The lowest BCUT2D eigenvalue weighted by Crippen LogP contribution is -2.39. The average Bonchev–Trinajstić information content (AvgIpc) is 2.77. The van der Waals surface area contributed by atoms with Crippen molar-refractivity contribution < 1.29 is 9.84 Å². The molecule has 1 saturated heterocycles. The molecule has 0 aromatic heterocycles. The van der Waals surface area contributed by atoms with E-state index in [0.29, 0.717) is 24.1 Å². The van der Waals surface area contributed by atoms with Crippen molar-refractivity contribution in [2.45, 2.75) is 26.1 Å². The van der Waals surface area contributed by atoms with Gasteiger partial charge in [-0.25, -0.2) is 4.99 Å². The monoisotopic (exact) mass is 558 g/mol. The van der Waals surface area contributed by atoms with Gasteiger partial charge < -0.3 is 20.5 Å². The Kier molecular flexibility index (Phi) is 11.6. The van der Waals surface area contributed by atoms with Gasteiger partial charge >= 0.3 is 0 Å². The molecule has 3 N–H and O–H groups in total. The second kappa shape index (κ2) is 13.9. The van der Waals surface area contributed by atoms with Crippen LogP contribution < -0.4 is 10.6 Å². The van der Waals surface area contributed by atoms with Crippen LogP contribution >= 0.6 is 35.6 Å². The standard InChI is InChI=1S/C23H31ClN4O2.HI/c1-2-25-23(27-16-22(29)18-7-9-21(24)10-8-18)26-15-19-5-3-4-6-20(19)17-28-11-13-30-14-12-28;/h3-10,22,29H,2,11-17H2,1H3,(H2,25,26,27);1H. The van der Waals surface area contributed by atoms with Gasteiger partial charge in [-0.05, 0) is 35.7 Å². The molecule has 0 saturated carbocycles. The Hall–Kier alpha value is -1.39. The summed E-state index contributed by atoms with van der Waals surface area (Å²) >= 11 is 5.92. The van der Waals surface area contributed by atoms with Gasteiger partial charge in [-0.3, -0.25) is 4.90 Å². The van der Waals surface area contributed by atoms with Crippen LogP contribution in [0.2, 0.25) is 5.02 Å². The molecule has 1 unspecified atom stereocenters. The van der Waals surface area contributed by atoms with Crippen LogP contribution in [0.25, 0.3) is 0 Å². The molecule has 8 heteroatoms. The van der Waals surface area contributed by atoms with E-state index in [1.54, 1.807) is 12.1 Å². The molecule has 1 fully saturated rings. The van der Waals surface area contributed by atoms with Crippen molar-refractivity contribution in [3.05, 3.63) is 70.2 Å². The van der Waals surface area contributed by atoms with E-state index in [4.69, 9.17) is 21.3 Å². The number of aliphatic hydroxyl groups excluding tert-OH is 1. The number of benzene rings is 2. The summed E-state index contributed by atoms with van der Waals surface area (Å²) in [5.74, 6) is 0.687. The first-order chi connectivity index (χ1) is 14.7. The Labute approximate surface area is 207 Å². The molecule has 0 bridgehead atoms. The minimum absolute atomic E-state index is 0. The Morgan fingerprint density at radius 3 is 2.45 bits per heavy atom. The lowest BCUT2D eigenvalue weighted by molar-refractivity contribution is 0.0341. The number of hydrogen-bond acceptors (Lipinski definition) is 4. The van der Waals surface area contributed by atoms with Crippen LogP contribution in [-0.2, 0) is 17.8 Å². The van der Waals surface area contributed by atoms with Gasteiger partial charge in [0.1, 0.15) is 0 Å². The number of ether oxygens (including phenoxy) is 1. The molecule has 0 aliphatic carbocycles. The Bertz CT molecular complexity index is 813. The average molecular weight is 559 g/mol. The van der Waals surface area contributed by atoms with E-state index in [1.807, 2.05) is 19.1 Å². The zero-order chi connectivity index (χ0) is 21.2. The molecule has 0 spiro atoms. The number of rotatable bonds is 8. The maximum Gasteiger partial charge on any atom is 0.191 e. The first kappa shape index (κ1) is 25.9. The predicted octanol–water partition coefficient (Wildman–Crippen LogP) is 3.58. The molecule has 1 atom stereocenters. The van der Waals surface area contributed by atoms with Gasteiger partial charge in [0.2, 0.25) is 0 Å². The third-order valence-electron chi connectivity index (χ3n) is 5.09. The number of guanidine groups is 1. The highest BCUT2D eigenvalue weighted by Crippen LogP contribution is 2.16. The summed E-state index contributed by atoms with van der Waals surface area (Å²) in [6.07, 6.45) is -0.639. The van der Waals surface area contributed by atoms with Gasteiger partial charge in [0.05, 0.1) is 25.9 Å². The number of halogens is 2. The van der Waals surface area contributed by atoms with Gasteiger partial charge in [-0.2, -0.15) is 0 Å². The summed E-state index contributed by atoms with van der Waals surface area (Å²) in [5, 5.41) is 17.6. The molecule has 1 aliphatic heterocycles. The Morgan fingerprint density at radius 2 is 1.77 bits per heavy atom. The largest absolute Gasteiger partial charge is 0.387 e. The van der Waals surface area contributed by atoms with Crippen molar-refractivity contribution >= 4 is 41.5 Å². The van der Waals surface area contributed by atoms with Crippen molar-refractivity contribution in [3.63, 3.8) is 0 Å². The molecule has 2 aromatic carbocycles. The normalized spacial score (nSPS) is 15.8. The minimum atomic E-state index is -0.639. The molecule has 1 aliphatic rings. The number of nitrogens with zero attached hydrogens (tertiary/aromatic N) is 2. The van der Waals surface area contributed by atoms with E-state index < -0.39 is 6.10 Å². The quantitative estimate of drug-likeness (QED) is 0.263. The summed E-state index contributed by atoms with van der Waals surface area (Å²) in [6, 6.07) is 15.7. The maximum atomic E-state index is 10.4. The molecule has 6 nitrogen and oxygen atoms in total. The van der Waals surface area contributed by atoms with Crippen molar-refractivity contribution in [1.82, 2.24) is 15.5 Å². The van der Waals surface area contributed by atoms with Gasteiger partial charge in [-0.15, -0.1) is 24.0 Å². The van der Waals surface area contributed by atoms with Crippen LogP contribution in [0.5, 0.6) is 0 Å². The maximum absolute atomic E-state index is 10.4. The smallest absolute Gasteiger partial charge is 0.191 e. The van der Waals surface area contributed by atoms with Gasteiger partial charge in [0.15, 0.2) is 5.96 Å². The molecule has 0 radical (unpaired) electrons. The SMILES string of the molecule is CCNC(=NCc1ccccc1CN1CCOCC1)NCC(O)c1ccc(Cl)cc1.I. The van der Waals surface area contributed by atoms with Crippen molar-refractivity contribution in [3.8, 4) is 0 Å². The lowest BCUT2D eigenvalue weighted by atomic mass is 10.1. The second-order valence-electron chi connectivity index (χ2n) is 7.30. The van der Waals surface area contributed by atoms with Crippen molar-refractivity contribution in [1.29, 1.82) is 0 Å². The molecule has 0 amide bonds. The van der Waals surface area contributed by atoms with E-state index in [-0.39, 0.29) is 24.0 Å². The number of aliphatic imine (C=N–C) groups is 1. The molecule has 2 aromatic rings. The van der Waals surface area contributed by atoms with Gasteiger partial charge in [0, 0.05) is 37.7 Å². The molecule has 3 rings (SSSR count). The summed E-state index contributed by atoms with van der Waals surface area (Å²) in [6.45, 7) is 8.14. The fraction of sp³-hybridized carbons (Fsp3) is 0.435. The van der Waals surface area contributed by atoms with Crippen LogP contribution in [0.15, 0.2) is 53.5 Å². The summed E-state index contributed by atoms with van der Waals surface area (Å²) in [4.78, 5) is 7.15. The number of aliphatic hydroxyl groups is 1. The number of nitrogens with one attached hydrogen (secondary N) is 2. The Balaban J connectivity index is 0.00000341. The molecular weight excluding hydrogens is 527 g/mol. The van der Waals surface area contributed by atoms with Crippen LogP contribution in [0.4, 0.5) is 0 Å². The van der Waals surface area contributed by atoms with Crippen LogP contribution in [-0.4, -0.2) is 55.4 Å². The van der Waals surface area contributed by atoms with Crippen molar-refractivity contribution in [2.24, 2.45) is 4.99 Å². The Morgan fingerprint density at radius 1 is 1.10 bits per heavy atom. The first-order valence-corrected chi connectivity index (χ1v) is 10.9. The highest BCUT2D eigenvalue weighted by atomic mass is 127. The van der Waals surface area contributed by atoms with E-state index in [0.717, 1.165) is 45.0 Å². The summed E-state index contributed by atoms with van der Waals surface area (Å²) < 4.78 is 5.45. The van der Waals surface area contributed by atoms with Crippen LogP contribution in [0, 0.1) is 0 Å². The lowest BCUT2D eigenvalue weighted by Gasteiger charge is -2.27. The van der Waals surface area contributed by atoms with Crippen LogP contribution in [0.1, 0.15) is 29.7 Å². The summed E-state index contributed by atoms with van der Waals surface area (Å²) in [7, 11) is 0. The van der Waals surface area contributed by atoms with Crippen molar-refractivity contribution in [2.75, 3.05) is 39.4 Å². The fourth-order valence-electron chi connectivity index (χ4n) is 3.37. The molecular formula is C23H32ClIN4O2. The van der Waals surface area contributed by atoms with E-state index in [9.17, 15) is 5.11 Å². The third kappa shape index (κ3) is 8.57. The molecule has 170 valence electrons. The molecule has 1 heterocycles. The second-order valence-corrected chi connectivity index (χ2v) is 7.74. The van der Waals surface area contributed by atoms with E-state index >= 15 is 0 Å². The van der Waals surface area contributed by atoms with Gasteiger partial charge in [-0.1, -0.05) is 48.0 Å². The third-order valence-corrected chi connectivity index (χ3v) is 5.34.